The van der Waals surface area contributed by atoms with E-state index in [1.807, 2.05) is 0 Å². The van der Waals surface area contributed by atoms with Crippen molar-refractivity contribution in [1.29, 1.82) is 0 Å². The first kappa shape index (κ1) is 21.9. The second kappa shape index (κ2) is 9.34. The molecule has 1 aromatic heterocycles. The highest BCUT2D eigenvalue weighted by atomic mass is 35.5. The van der Waals surface area contributed by atoms with Crippen LogP contribution in [0.25, 0.3) is 0 Å². The number of hydrogen-bond acceptors (Lipinski definition) is 4. The van der Waals surface area contributed by atoms with Gasteiger partial charge < -0.3 is 15.0 Å². The molecule has 0 saturated carbocycles. The summed E-state index contributed by atoms with van der Waals surface area (Å²) in [6.45, 7) is -0.0702. The largest absolute Gasteiger partial charge is 0.468 e. The lowest BCUT2D eigenvalue weighted by Gasteiger charge is -2.27. The average molecular weight is 442 g/mol. The number of pyridine rings is 1. The van der Waals surface area contributed by atoms with E-state index in [-0.39, 0.29) is 22.4 Å². The molecule has 0 atom stereocenters. The number of aromatic nitrogens is 1. The molecule has 30 heavy (non-hydrogen) atoms. The number of carbonyl (C=O) groups is 2. The standard InChI is InChI=1S/C20H19ClF3N3O3/c21-16-10-14(5-6-15(16)19(29)27-8-2-1-3-9-27)26-18(28)13-4-7-17(25-11-13)30-12-20(22,23)24/h4-7,10-11H,1-3,8-9,12H2,(H,26,28). The monoisotopic (exact) mass is 441 g/mol. The number of likely N-dealkylation sites (tertiary alicyclic amines) is 1. The van der Waals surface area contributed by atoms with Crippen LogP contribution in [0, 0.1) is 0 Å². The summed E-state index contributed by atoms with van der Waals surface area (Å²) in [5.41, 5.74) is 0.862. The molecule has 1 N–H and O–H groups in total. The van der Waals surface area contributed by atoms with Crippen LogP contribution in [0.2, 0.25) is 5.02 Å². The Morgan fingerprint density at radius 1 is 1.13 bits per heavy atom. The summed E-state index contributed by atoms with van der Waals surface area (Å²) in [6, 6.07) is 7.07. The summed E-state index contributed by atoms with van der Waals surface area (Å²) in [6.07, 6.45) is -0.334. The lowest BCUT2D eigenvalue weighted by Crippen LogP contribution is -2.35. The van der Waals surface area contributed by atoms with Crippen molar-refractivity contribution in [2.75, 3.05) is 25.0 Å². The van der Waals surface area contributed by atoms with Crippen molar-refractivity contribution in [2.24, 2.45) is 0 Å². The van der Waals surface area contributed by atoms with Gasteiger partial charge in [-0.2, -0.15) is 13.2 Å². The van der Waals surface area contributed by atoms with Gasteiger partial charge in [-0.05, 0) is 43.5 Å². The van der Waals surface area contributed by atoms with Gasteiger partial charge in [0.25, 0.3) is 11.8 Å². The van der Waals surface area contributed by atoms with Gasteiger partial charge in [0.15, 0.2) is 6.61 Å². The third-order valence-corrected chi connectivity index (χ3v) is 4.80. The molecule has 1 aliphatic heterocycles. The molecule has 0 radical (unpaired) electrons. The van der Waals surface area contributed by atoms with Gasteiger partial charge in [0.2, 0.25) is 5.88 Å². The summed E-state index contributed by atoms with van der Waals surface area (Å²) in [4.78, 5) is 30.4. The maximum absolute atomic E-state index is 12.6. The van der Waals surface area contributed by atoms with Gasteiger partial charge in [0.05, 0.1) is 16.1 Å². The van der Waals surface area contributed by atoms with E-state index in [0.29, 0.717) is 24.3 Å². The van der Waals surface area contributed by atoms with Gasteiger partial charge in [-0.15, -0.1) is 0 Å². The number of anilines is 1. The maximum Gasteiger partial charge on any atom is 0.422 e. The highest BCUT2D eigenvalue weighted by Crippen LogP contribution is 2.24. The van der Waals surface area contributed by atoms with Crippen molar-refractivity contribution in [3.63, 3.8) is 0 Å². The normalized spacial score (nSPS) is 14.3. The number of nitrogens with zero attached hydrogens (tertiary/aromatic N) is 2. The van der Waals surface area contributed by atoms with E-state index in [0.717, 1.165) is 25.5 Å². The van der Waals surface area contributed by atoms with Gasteiger partial charge in [-0.25, -0.2) is 4.98 Å². The fraction of sp³-hybridized carbons (Fsp3) is 0.350. The van der Waals surface area contributed by atoms with Gasteiger partial charge in [0.1, 0.15) is 0 Å². The third kappa shape index (κ3) is 5.85. The minimum atomic E-state index is -4.47. The van der Waals surface area contributed by atoms with E-state index in [1.54, 1.807) is 17.0 Å². The fourth-order valence-corrected chi connectivity index (χ4v) is 3.25. The summed E-state index contributed by atoms with van der Waals surface area (Å²) in [7, 11) is 0. The van der Waals surface area contributed by atoms with Crippen LogP contribution in [0.15, 0.2) is 36.5 Å². The van der Waals surface area contributed by atoms with Crippen molar-refractivity contribution in [3.8, 4) is 5.88 Å². The summed E-state index contributed by atoms with van der Waals surface area (Å²) in [5, 5.41) is 2.83. The van der Waals surface area contributed by atoms with Crippen LogP contribution in [0.5, 0.6) is 5.88 Å². The number of ether oxygens (including phenoxy) is 1. The molecule has 3 rings (SSSR count). The molecule has 2 aromatic rings. The van der Waals surface area contributed by atoms with E-state index < -0.39 is 18.7 Å². The zero-order chi connectivity index (χ0) is 21.7. The van der Waals surface area contributed by atoms with Crippen molar-refractivity contribution >= 4 is 29.1 Å². The van der Waals surface area contributed by atoms with Crippen molar-refractivity contribution in [1.82, 2.24) is 9.88 Å². The first-order chi connectivity index (χ1) is 14.2. The van der Waals surface area contributed by atoms with Crippen molar-refractivity contribution in [2.45, 2.75) is 25.4 Å². The number of nitrogens with one attached hydrogen (secondary N) is 1. The number of alkyl halides is 3. The second-order valence-corrected chi connectivity index (χ2v) is 7.20. The first-order valence-electron chi connectivity index (χ1n) is 9.29. The Labute approximate surface area is 176 Å². The van der Waals surface area contributed by atoms with E-state index in [4.69, 9.17) is 11.6 Å². The topological polar surface area (TPSA) is 71.5 Å². The van der Waals surface area contributed by atoms with Crippen LogP contribution >= 0.6 is 11.6 Å². The average Bonchev–Trinajstić information content (AvgIpc) is 2.72. The van der Waals surface area contributed by atoms with Crippen LogP contribution in [-0.2, 0) is 0 Å². The molecule has 1 aromatic carbocycles. The highest BCUT2D eigenvalue weighted by molar-refractivity contribution is 6.34. The van der Waals surface area contributed by atoms with Gasteiger partial charge in [-0.3, -0.25) is 9.59 Å². The van der Waals surface area contributed by atoms with Crippen LogP contribution in [0.3, 0.4) is 0 Å². The molecular weight excluding hydrogens is 423 g/mol. The molecule has 160 valence electrons. The maximum atomic E-state index is 12.6. The number of amides is 2. The molecule has 1 aliphatic rings. The quantitative estimate of drug-likeness (QED) is 0.738. The molecule has 1 saturated heterocycles. The van der Waals surface area contributed by atoms with Crippen LogP contribution in [0.1, 0.15) is 40.0 Å². The predicted octanol–water partition coefficient (Wildman–Crippen LogP) is 4.55. The number of rotatable bonds is 5. The summed E-state index contributed by atoms with van der Waals surface area (Å²) >= 11 is 6.25. The second-order valence-electron chi connectivity index (χ2n) is 6.79. The van der Waals surface area contributed by atoms with Crippen LogP contribution in [-0.4, -0.2) is 47.6 Å². The lowest BCUT2D eigenvalue weighted by atomic mass is 10.1. The van der Waals surface area contributed by atoms with E-state index in [2.05, 4.69) is 15.0 Å². The van der Waals surface area contributed by atoms with E-state index in [1.165, 1.54) is 18.2 Å². The molecule has 2 heterocycles. The van der Waals surface area contributed by atoms with Gasteiger partial charge in [0, 0.05) is 31.0 Å². The lowest BCUT2D eigenvalue weighted by molar-refractivity contribution is -0.154. The van der Waals surface area contributed by atoms with E-state index in [9.17, 15) is 22.8 Å². The molecule has 0 aliphatic carbocycles. The molecule has 0 unspecified atom stereocenters. The van der Waals surface area contributed by atoms with Crippen molar-refractivity contribution in [3.05, 3.63) is 52.7 Å². The van der Waals surface area contributed by atoms with Crippen LogP contribution in [0.4, 0.5) is 18.9 Å². The number of piperidine rings is 1. The fourth-order valence-electron chi connectivity index (χ4n) is 2.99. The Hall–Kier alpha value is -2.81. The van der Waals surface area contributed by atoms with Gasteiger partial charge >= 0.3 is 6.18 Å². The summed E-state index contributed by atoms with van der Waals surface area (Å²) in [5.74, 6) is -0.917. The van der Waals surface area contributed by atoms with Crippen LogP contribution < -0.4 is 10.1 Å². The molecular formula is C20H19ClF3N3O3. The summed E-state index contributed by atoms with van der Waals surface area (Å²) < 4.78 is 41.0. The van der Waals surface area contributed by atoms with Gasteiger partial charge in [-0.1, -0.05) is 11.6 Å². The zero-order valence-electron chi connectivity index (χ0n) is 15.8. The molecule has 2 amide bonds. The third-order valence-electron chi connectivity index (χ3n) is 4.48. The number of hydrogen-bond donors (Lipinski definition) is 1. The molecule has 10 heteroatoms. The van der Waals surface area contributed by atoms with E-state index >= 15 is 0 Å². The first-order valence-corrected chi connectivity index (χ1v) is 9.66. The predicted molar refractivity (Wildman–Crippen MR) is 105 cm³/mol. The zero-order valence-corrected chi connectivity index (χ0v) is 16.6. The molecule has 0 spiro atoms. The SMILES string of the molecule is O=C(Nc1ccc(C(=O)N2CCCCC2)c(Cl)c1)c1ccc(OCC(F)(F)F)nc1. The minimum Gasteiger partial charge on any atom is -0.468 e. The number of carbonyl (C=O) groups excluding carboxylic acids is 2. The molecule has 6 nitrogen and oxygen atoms in total. The number of halogens is 4. The Morgan fingerprint density at radius 3 is 2.47 bits per heavy atom. The highest BCUT2D eigenvalue weighted by Gasteiger charge is 2.28. The Balaban J connectivity index is 1.62. The minimum absolute atomic E-state index is 0.124. The number of benzene rings is 1. The molecule has 0 bridgehead atoms. The Kier molecular flexibility index (Phi) is 6.81. The smallest absolute Gasteiger partial charge is 0.422 e. The Bertz CT molecular complexity index is 914. The Morgan fingerprint density at radius 2 is 1.87 bits per heavy atom. The van der Waals surface area contributed by atoms with Crippen molar-refractivity contribution < 1.29 is 27.5 Å². The molecule has 1 fully saturated rings.